The Labute approximate surface area is 126 Å². The summed E-state index contributed by atoms with van der Waals surface area (Å²) in [6.07, 6.45) is 1.13. The van der Waals surface area contributed by atoms with Crippen LogP contribution in [-0.2, 0) is 14.3 Å². The van der Waals surface area contributed by atoms with Crippen molar-refractivity contribution in [1.29, 1.82) is 5.26 Å². The fraction of sp³-hybridized carbons (Fsp3) is 0.800. The van der Waals surface area contributed by atoms with Gasteiger partial charge in [-0.25, -0.2) is 0 Å². The fourth-order valence-electron chi connectivity index (χ4n) is 1.64. The van der Waals surface area contributed by atoms with Crippen molar-refractivity contribution in [3.8, 4) is 6.07 Å². The summed E-state index contributed by atoms with van der Waals surface area (Å²) in [5.41, 5.74) is -0.551. The number of ether oxygens (including phenoxy) is 1. The monoisotopic (exact) mass is 298 g/mol. The summed E-state index contributed by atoms with van der Waals surface area (Å²) in [6.45, 7) is 5.95. The molecule has 6 heteroatoms. The minimum absolute atomic E-state index is 0.0457. The van der Waals surface area contributed by atoms with Crippen LogP contribution in [0.3, 0.4) is 0 Å². The van der Waals surface area contributed by atoms with Gasteiger partial charge >= 0.3 is 5.97 Å². The number of rotatable bonds is 9. The average molecular weight is 298 g/mol. The number of hydrogen-bond donors (Lipinski definition) is 0. The van der Waals surface area contributed by atoms with Gasteiger partial charge in [0, 0.05) is 6.42 Å². The van der Waals surface area contributed by atoms with Crippen LogP contribution in [0.5, 0.6) is 0 Å². The largest absolute Gasteiger partial charge is 0.544 e. The first kappa shape index (κ1) is 19.4. The van der Waals surface area contributed by atoms with E-state index < -0.39 is 17.3 Å². The molecule has 0 amide bonds. The van der Waals surface area contributed by atoms with Crippen molar-refractivity contribution in [2.45, 2.75) is 33.6 Å². The Morgan fingerprint density at radius 2 is 1.95 bits per heavy atom. The number of likely N-dealkylation sites (N-methyl/N-ethyl adjacent to an activating group) is 1. The number of carboxylic acid groups (broad SMARTS) is 1. The molecule has 0 heterocycles. The molecule has 0 aliphatic heterocycles. The summed E-state index contributed by atoms with van der Waals surface area (Å²) in [5.74, 6) is -1.86. The molecular formula is C15H26N2O4. The number of quaternary nitrogens is 1. The number of nitrogens with zero attached hydrogens (tertiary/aromatic N) is 2. The highest BCUT2D eigenvalue weighted by atomic mass is 16.5. The molecule has 0 aromatic rings. The van der Waals surface area contributed by atoms with Crippen LogP contribution in [0.25, 0.3) is 0 Å². The second-order valence-corrected chi connectivity index (χ2v) is 6.64. The summed E-state index contributed by atoms with van der Waals surface area (Å²) in [4.78, 5) is 22.5. The van der Waals surface area contributed by atoms with Gasteiger partial charge in [-0.3, -0.25) is 4.79 Å². The smallest absolute Gasteiger partial charge is 0.311 e. The third kappa shape index (κ3) is 7.66. The molecule has 21 heavy (non-hydrogen) atoms. The van der Waals surface area contributed by atoms with E-state index in [2.05, 4.69) is 6.07 Å². The van der Waals surface area contributed by atoms with Gasteiger partial charge in [0.05, 0.1) is 44.0 Å². The summed E-state index contributed by atoms with van der Waals surface area (Å²) in [6, 6.07) is 2.10. The molecular weight excluding hydrogens is 272 g/mol. The maximum absolute atomic E-state index is 11.8. The van der Waals surface area contributed by atoms with E-state index >= 15 is 0 Å². The van der Waals surface area contributed by atoms with Crippen molar-refractivity contribution in [2.75, 3.05) is 33.8 Å². The summed E-state index contributed by atoms with van der Waals surface area (Å²) in [5, 5.41) is 19.7. The van der Waals surface area contributed by atoms with Crippen LogP contribution in [0.15, 0.2) is 0 Å². The quantitative estimate of drug-likeness (QED) is 0.452. The molecule has 1 atom stereocenters. The third-order valence-electron chi connectivity index (χ3n) is 3.67. The number of carbonyl (C=O) groups is 2. The van der Waals surface area contributed by atoms with Gasteiger partial charge in [0.25, 0.3) is 0 Å². The zero-order valence-electron chi connectivity index (χ0n) is 13.6. The summed E-state index contributed by atoms with van der Waals surface area (Å²) < 4.78 is 5.43. The third-order valence-corrected chi connectivity index (χ3v) is 3.67. The number of esters is 1. The van der Waals surface area contributed by atoms with Crippen molar-refractivity contribution in [3.63, 3.8) is 0 Å². The van der Waals surface area contributed by atoms with Crippen LogP contribution in [0.4, 0.5) is 0 Å². The summed E-state index contributed by atoms with van der Waals surface area (Å²) >= 11 is 0. The maximum Gasteiger partial charge on any atom is 0.311 e. The molecule has 0 aromatic carbocycles. The van der Waals surface area contributed by atoms with Crippen molar-refractivity contribution in [2.24, 2.45) is 11.3 Å². The predicted octanol–water partition coefficient (Wildman–Crippen LogP) is 0.322. The number of aliphatic carboxylic acids is 1. The van der Waals surface area contributed by atoms with Crippen molar-refractivity contribution in [1.82, 2.24) is 0 Å². The Balaban J connectivity index is 4.34. The van der Waals surface area contributed by atoms with Crippen LogP contribution in [0, 0.1) is 22.7 Å². The molecule has 6 nitrogen and oxygen atoms in total. The van der Waals surface area contributed by atoms with E-state index in [0.717, 1.165) is 0 Å². The number of carboxylic acids is 1. The molecule has 0 saturated carbocycles. The molecule has 0 saturated heterocycles. The van der Waals surface area contributed by atoms with Crippen LogP contribution in [0.1, 0.15) is 33.6 Å². The molecule has 0 radical (unpaired) electrons. The zero-order chi connectivity index (χ0) is 16.7. The Bertz CT molecular complexity index is 410. The van der Waals surface area contributed by atoms with Crippen LogP contribution in [-0.4, -0.2) is 50.2 Å². The minimum atomic E-state index is -1.12. The first-order chi connectivity index (χ1) is 9.54. The van der Waals surface area contributed by atoms with Gasteiger partial charge in [0.1, 0.15) is 13.2 Å². The molecule has 0 rings (SSSR count). The number of nitriles is 1. The number of carbonyl (C=O) groups excluding carboxylic acids is 2. The van der Waals surface area contributed by atoms with E-state index in [1.54, 1.807) is 27.9 Å². The van der Waals surface area contributed by atoms with E-state index in [1.807, 2.05) is 6.92 Å². The SMILES string of the molecule is CCC(C)(C)C(=O)OCC(C#N)CC[N+](C)(C)CC(=O)[O-]. The minimum Gasteiger partial charge on any atom is -0.544 e. The van der Waals surface area contributed by atoms with Crippen LogP contribution < -0.4 is 5.11 Å². The molecule has 0 aromatic heterocycles. The highest BCUT2D eigenvalue weighted by Gasteiger charge is 2.28. The van der Waals surface area contributed by atoms with E-state index in [4.69, 9.17) is 10.00 Å². The fourth-order valence-corrected chi connectivity index (χ4v) is 1.64. The van der Waals surface area contributed by atoms with Gasteiger partial charge in [0.15, 0.2) is 0 Å². The summed E-state index contributed by atoms with van der Waals surface area (Å²) in [7, 11) is 3.52. The first-order valence-electron chi connectivity index (χ1n) is 7.13. The van der Waals surface area contributed by atoms with Crippen molar-refractivity contribution < 1.29 is 23.9 Å². The lowest BCUT2D eigenvalue weighted by Gasteiger charge is -2.30. The Hall–Kier alpha value is -1.61. The van der Waals surface area contributed by atoms with Gasteiger partial charge in [0.2, 0.25) is 0 Å². The zero-order valence-corrected chi connectivity index (χ0v) is 13.6. The highest BCUT2D eigenvalue weighted by Crippen LogP contribution is 2.22. The first-order valence-corrected chi connectivity index (χ1v) is 7.13. The molecule has 0 aliphatic carbocycles. The lowest BCUT2D eigenvalue weighted by atomic mass is 9.90. The topological polar surface area (TPSA) is 90.2 Å². The molecule has 0 bridgehead atoms. The normalized spacial score (nSPS) is 13.3. The van der Waals surface area contributed by atoms with E-state index in [-0.39, 0.29) is 23.6 Å². The second kappa shape index (κ2) is 7.99. The van der Waals surface area contributed by atoms with Gasteiger partial charge < -0.3 is 19.1 Å². The molecule has 1 unspecified atom stereocenters. The molecule has 0 aliphatic rings. The van der Waals surface area contributed by atoms with Gasteiger partial charge in [-0.1, -0.05) is 6.92 Å². The molecule has 0 spiro atoms. The van der Waals surface area contributed by atoms with Gasteiger partial charge in [-0.2, -0.15) is 5.26 Å². The number of hydrogen-bond acceptors (Lipinski definition) is 5. The highest BCUT2D eigenvalue weighted by molar-refractivity contribution is 5.75. The second-order valence-electron chi connectivity index (χ2n) is 6.64. The Kier molecular flexibility index (Phi) is 7.37. The standard InChI is InChI=1S/C15H26N2O4/c1-6-15(2,3)14(20)21-11-12(9-16)7-8-17(4,5)10-13(18)19/h12H,6-8,10-11H2,1-5H3. The van der Waals surface area contributed by atoms with E-state index in [9.17, 15) is 14.7 Å². The van der Waals surface area contributed by atoms with Gasteiger partial charge in [-0.05, 0) is 20.3 Å². The van der Waals surface area contributed by atoms with Crippen LogP contribution >= 0.6 is 0 Å². The Morgan fingerprint density at radius 1 is 1.38 bits per heavy atom. The van der Waals surface area contributed by atoms with E-state index in [1.165, 1.54) is 0 Å². The molecule has 0 fully saturated rings. The van der Waals surface area contributed by atoms with Crippen molar-refractivity contribution >= 4 is 11.9 Å². The average Bonchev–Trinajstić information content (AvgIpc) is 2.36. The van der Waals surface area contributed by atoms with Gasteiger partial charge in [-0.15, -0.1) is 0 Å². The maximum atomic E-state index is 11.8. The molecule has 120 valence electrons. The van der Waals surface area contributed by atoms with E-state index in [0.29, 0.717) is 19.4 Å². The van der Waals surface area contributed by atoms with Crippen LogP contribution in [0.2, 0.25) is 0 Å². The van der Waals surface area contributed by atoms with Crippen molar-refractivity contribution in [3.05, 3.63) is 0 Å². The Morgan fingerprint density at radius 3 is 2.38 bits per heavy atom. The lowest BCUT2D eigenvalue weighted by Crippen LogP contribution is -2.49. The lowest BCUT2D eigenvalue weighted by molar-refractivity contribution is -0.885. The molecule has 0 N–H and O–H groups in total. The predicted molar refractivity (Wildman–Crippen MR) is 75.6 cm³/mol.